The maximum atomic E-state index is 11.6. The maximum absolute atomic E-state index is 11.6. The van der Waals surface area contributed by atoms with Crippen LogP contribution in [0.3, 0.4) is 0 Å². The van der Waals surface area contributed by atoms with E-state index in [1.165, 1.54) is 0 Å². The lowest BCUT2D eigenvalue weighted by Gasteiger charge is -2.23. The lowest BCUT2D eigenvalue weighted by atomic mass is 10.1. The molecule has 3 nitrogen and oxygen atoms in total. The van der Waals surface area contributed by atoms with E-state index in [4.69, 9.17) is 5.11 Å². The van der Waals surface area contributed by atoms with Crippen LogP contribution < -0.4 is 0 Å². The van der Waals surface area contributed by atoms with E-state index < -0.39 is 0 Å². The van der Waals surface area contributed by atoms with Crippen molar-refractivity contribution in [3.63, 3.8) is 0 Å². The fourth-order valence-corrected chi connectivity index (χ4v) is 1.96. The van der Waals surface area contributed by atoms with Crippen LogP contribution in [0.1, 0.15) is 39.0 Å². The summed E-state index contributed by atoms with van der Waals surface area (Å²) < 4.78 is 0. The Morgan fingerprint density at radius 2 is 2.38 bits per heavy atom. The molecular weight excluding hydrogens is 166 g/mol. The van der Waals surface area contributed by atoms with Crippen molar-refractivity contribution in [1.82, 2.24) is 4.90 Å². The highest BCUT2D eigenvalue weighted by molar-refractivity contribution is 5.76. The molecule has 1 unspecified atom stereocenters. The zero-order valence-electron chi connectivity index (χ0n) is 8.33. The summed E-state index contributed by atoms with van der Waals surface area (Å²) in [6.07, 6.45) is 4.47. The molecule has 1 aliphatic rings. The highest BCUT2D eigenvalue weighted by Gasteiger charge is 2.26. The second-order valence-corrected chi connectivity index (χ2v) is 3.62. The number of rotatable bonds is 4. The quantitative estimate of drug-likeness (QED) is 0.714. The Hall–Kier alpha value is -0.570. The molecule has 0 radical (unpaired) electrons. The molecule has 1 heterocycles. The van der Waals surface area contributed by atoms with Crippen molar-refractivity contribution in [2.75, 3.05) is 13.2 Å². The van der Waals surface area contributed by atoms with Crippen molar-refractivity contribution in [3.05, 3.63) is 0 Å². The first-order valence-electron chi connectivity index (χ1n) is 5.20. The summed E-state index contributed by atoms with van der Waals surface area (Å²) in [7, 11) is 0. The molecule has 0 spiro atoms. The topological polar surface area (TPSA) is 40.5 Å². The predicted molar refractivity (Wildman–Crippen MR) is 51.3 cm³/mol. The van der Waals surface area contributed by atoms with Crippen molar-refractivity contribution in [1.29, 1.82) is 0 Å². The molecule has 13 heavy (non-hydrogen) atoms. The van der Waals surface area contributed by atoms with Crippen LogP contribution in [-0.2, 0) is 4.79 Å². The first-order chi connectivity index (χ1) is 6.29. The average Bonchev–Trinajstić information content (AvgIpc) is 2.61. The second-order valence-electron chi connectivity index (χ2n) is 3.62. The molecule has 1 aliphatic heterocycles. The number of likely N-dealkylation sites (tertiary alicyclic amines) is 1. The van der Waals surface area contributed by atoms with Crippen molar-refractivity contribution in [2.24, 2.45) is 0 Å². The number of hydrogen-bond acceptors (Lipinski definition) is 2. The first kappa shape index (κ1) is 10.5. The molecule has 0 aromatic heterocycles. The van der Waals surface area contributed by atoms with Crippen LogP contribution in [0.2, 0.25) is 0 Å². The van der Waals surface area contributed by atoms with Crippen LogP contribution in [0.15, 0.2) is 0 Å². The Kier molecular flexibility index (Phi) is 4.22. The van der Waals surface area contributed by atoms with Crippen LogP contribution in [0.4, 0.5) is 0 Å². The molecule has 0 saturated carbocycles. The molecule has 1 N–H and O–H groups in total. The van der Waals surface area contributed by atoms with Gasteiger partial charge < -0.3 is 10.0 Å². The van der Waals surface area contributed by atoms with Crippen molar-refractivity contribution in [2.45, 2.75) is 45.1 Å². The van der Waals surface area contributed by atoms with Gasteiger partial charge in [0.25, 0.3) is 0 Å². The molecule has 0 aromatic carbocycles. The van der Waals surface area contributed by atoms with E-state index in [0.717, 1.165) is 25.8 Å². The van der Waals surface area contributed by atoms with E-state index >= 15 is 0 Å². The third-order valence-corrected chi connectivity index (χ3v) is 2.72. The van der Waals surface area contributed by atoms with Gasteiger partial charge >= 0.3 is 0 Å². The van der Waals surface area contributed by atoms with Gasteiger partial charge in [0.2, 0.25) is 5.91 Å². The Morgan fingerprint density at radius 1 is 1.62 bits per heavy atom. The van der Waals surface area contributed by atoms with E-state index in [1.807, 2.05) is 4.90 Å². The van der Waals surface area contributed by atoms with Gasteiger partial charge in [-0.25, -0.2) is 0 Å². The van der Waals surface area contributed by atoms with E-state index in [-0.39, 0.29) is 12.5 Å². The second kappa shape index (κ2) is 5.22. The van der Waals surface area contributed by atoms with Crippen LogP contribution in [-0.4, -0.2) is 35.1 Å². The normalized spacial score (nSPS) is 22.3. The zero-order valence-corrected chi connectivity index (χ0v) is 8.33. The van der Waals surface area contributed by atoms with Crippen LogP contribution >= 0.6 is 0 Å². The van der Waals surface area contributed by atoms with Gasteiger partial charge in [-0.2, -0.15) is 0 Å². The van der Waals surface area contributed by atoms with Gasteiger partial charge in [0, 0.05) is 25.6 Å². The Bertz CT molecular complexity index is 170. The SMILES string of the molecule is CCC1CCCN1C(=O)CCCO. The summed E-state index contributed by atoms with van der Waals surface area (Å²) in [5.41, 5.74) is 0. The molecular formula is C10H19NO2. The van der Waals surface area contributed by atoms with Gasteiger partial charge in [0.15, 0.2) is 0 Å². The molecule has 1 fully saturated rings. The molecule has 1 saturated heterocycles. The van der Waals surface area contributed by atoms with Crippen LogP contribution in [0.5, 0.6) is 0 Å². The van der Waals surface area contributed by atoms with Crippen molar-refractivity contribution >= 4 is 5.91 Å². The summed E-state index contributed by atoms with van der Waals surface area (Å²) >= 11 is 0. The molecule has 1 rings (SSSR count). The molecule has 1 amide bonds. The summed E-state index contributed by atoms with van der Waals surface area (Å²) in [5.74, 6) is 0.221. The molecule has 0 aliphatic carbocycles. The minimum atomic E-state index is 0.121. The zero-order chi connectivity index (χ0) is 9.68. The summed E-state index contributed by atoms with van der Waals surface area (Å²) in [4.78, 5) is 13.6. The Morgan fingerprint density at radius 3 is 3.00 bits per heavy atom. The van der Waals surface area contributed by atoms with Gasteiger partial charge in [-0.15, -0.1) is 0 Å². The molecule has 76 valence electrons. The van der Waals surface area contributed by atoms with Crippen LogP contribution in [0, 0.1) is 0 Å². The average molecular weight is 185 g/mol. The number of nitrogens with zero attached hydrogens (tertiary/aromatic N) is 1. The predicted octanol–water partition coefficient (Wildman–Crippen LogP) is 1.16. The number of carbonyl (C=O) groups excluding carboxylic acids is 1. The molecule has 1 atom stereocenters. The molecule has 0 aromatic rings. The number of carbonyl (C=O) groups is 1. The summed E-state index contributed by atoms with van der Waals surface area (Å²) in [5, 5.41) is 8.61. The van der Waals surface area contributed by atoms with E-state index in [9.17, 15) is 4.79 Å². The standard InChI is InChI=1S/C10H19NO2/c1-2-9-5-3-7-11(9)10(13)6-4-8-12/h9,12H,2-8H2,1H3. The maximum Gasteiger partial charge on any atom is 0.222 e. The van der Waals surface area contributed by atoms with E-state index in [1.54, 1.807) is 0 Å². The van der Waals surface area contributed by atoms with Gasteiger partial charge in [0.1, 0.15) is 0 Å². The Labute approximate surface area is 79.7 Å². The number of hydrogen-bond donors (Lipinski definition) is 1. The smallest absolute Gasteiger partial charge is 0.222 e. The lowest BCUT2D eigenvalue weighted by molar-refractivity contribution is -0.132. The largest absolute Gasteiger partial charge is 0.396 e. The highest BCUT2D eigenvalue weighted by atomic mass is 16.3. The fraction of sp³-hybridized carbons (Fsp3) is 0.900. The Balaban J connectivity index is 2.36. The molecule has 0 bridgehead atoms. The van der Waals surface area contributed by atoms with Crippen molar-refractivity contribution < 1.29 is 9.90 Å². The van der Waals surface area contributed by atoms with E-state index in [2.05, 4.69) is 6.92 Å². The number of amides is 1. The minimum Gasteiger partial charge on any atom is -0.396 e. The molecule has 3 heteroatoms. The van der Waals surface area contributed by atoms with E-state index in [0.29, 0.717) is 18.9 Å². The van der Waals surface area contributed by atoms with Gasteiger partial charge in [-0.1, -0.05) is 6.92 Å². The van der Waals surface area contributed by atoms with Gasteiger partial charge in [-0.3, -0.25) is 4.79 Å². The minimum absolute atomic E-state index is 0.121. The monoisotopic (exact) mass is 185 g/mol. The first-order valence-corrected chi connectivity index (χ1v) is 5.20. The third kappa shape index (κ3) is 2.69. The lowest BCUT2D eigenvalue weighted by Crippen LogP contribution is -2.34. The summed E-state index contributed by atoms with van der Waals surface area (Å²) in [6.45, 7) is 3.17. The number of aliphatic hydroxyl groups excluding tert-OH is 1. The van der Waals surface area contributed by atoms with Crippen molar-refractivity contribution in [3.8, 4) is 0 Å². The fourth-order valence-electron chi connectivity index (χ4n) is 1.96. The number of aliphatic hydroxyl groups is 1. The van der Waals surface area contributed by atoms with Gasteiger partial charge in [-0.05, 0) is 25.7 Å². The highest BCUT2D eigenvalue weighted by Crippen LogP contribution is 2.20. The van der Waals surface area contributed by atoms with Crippen LogP contribution in [0.25, 0.3) is 0 Å². The third-order valence-electron chi connectivity index (χ3n) is 2.72. The van der Waals surface area contributed by atoms with Gasteiger partial charge in [0.05, 0.1) is 0 Å². The summed E-state index contributed by atoms with van der Waals surface area (Å²) in [6, 6.07) is 0.464.